The van der Waals surface area contributed by atoms with Crippen LogP contribution in [-0.2, 0) is 36.1 Å². The van der Waals surface area contributed by atoms with Crippen LogP contribution in [0.15, 0.2) is 52.4 Å². The number of fused-ring (bicyclic) bond motifs is 1. The van der Waals surface area contributed by atoms with E-state index in [9.17, 15) is 32.5 Å². The molecule has 254 valence electrons. The number of piperidine rings is 1. The summed E-state index contributed by atoms with van der Waals surface area (Å²) in [4.78, 5) is 55.6. The van der Waals surface area contributed by atoms with Crippen LogP contribution in [0.5, 0.6) is 5.75 Å². The first kappa shape index (κ1) is 32.7. The van der Waals surface area contributed by atoms with Gasteiger partial charge in [-0.25, -0.2) is 19.1 Å². The number of rotatable bonds is 14. The van der Waals surface area contributed by atoms with Gasteiger partial charge >= 0.3 is 16.3 Å². The fourth-order valence-electron chi connectivity index (χ4n) is 5.44. The summed E-state index contributed by atoms with van der Waals surface area (Å²) in [5.41, 5.74) is 11.9. The van der Waals surface area contributed by atoms with Crippen LogP contribution in [0, 0.1) is 11.8 Å². The fourth-order valence-corrected chi connectivity index (χ4v) is 6.86. The standard InChI is InChI=1S/C26H29N11O9S2/c27-22(33-19-14-5-29-6-15(14)19)12-1-3-13(4-2-12)45-8-18(25(40)41)46-35-20(16-9-47-26(28)32-16)23(38)34-21-17(7-36-11-30-10-31-36)37(24(21)39)48(42,43)44/h1-4,9-11,14-15,17-19,21,29H,5-8H2,(H2,27,33)(H2,28,32)(H,34,38)(H,40,41)(H,42,43,44)/b35-20-/t14-,15?,17+,18+,19?,21?/m1/s1. The van der Waals surface area contributed by atoms with Gasteiger partial charge in [0.2, 0.25) is 0 Å². The van der Waals surface area contributed by atoms with Crippen LogP contribution in [-0.4, -0.2) is 115 Å². The molecule has 3 aliphatic rings. The number of hydrogen-bond donors (Lipinski definition) is 6. The Morgan fingerprint density at radius 3 is 2.56 bits per heavy atom. The Labute approximate surface area is 275 Å². The number of aliphatic imine (C=N–C) groups is 1. The Bertz CT molecular complexity index is 1850. The number of aromatic nitrogens is 4. The third kappa shape index (κ3) is 6.90. The van der Waals surface area contributed by atoms with Gasteiger partial charge in [-0.3, -0.25) is 23.8 Å². The molecule has 3 fully saturated rings. The second-order valence-corrected chi connectivity index (χ2v) is 13.2. The number of nitrogens with two attached hydrogens (primary N) is 2. The Morgan fingerprint density at radius 1 is 1.23 bits per heavy atom. The van der Waals surface area contributed by atoms with Crippen molar-refractivity contribution < 1.29 is 42.0 Å². The number of oxime groups is 1. The van der Waals surface area contributed by atoms with Gasteiger partial charge < -0.3 is 36.8 Å². The lowest BCUT2D eigenvalue weighted by atomic mass is 9.98. The van der Waals surface area contributed by atoms with Gasteiger partial charge in [-0.15, -0.1) is 11.3 Å². The third-order valence-electron chi connectivity index (χ3n) is 7.96. The van der Waals surface area contributed by atoms with E-state index in [1.807, 2.05) is 0 Å². The summed E-state index contributed by atoms with van der Waals surface area (Å²) in [5, 5.41) is 24.3. The minimum atomic E-state index is -4.98. The van der Waals surface area contributed by atoms with Gasteiger partial charge in [0.1, 0.15) is 42.6 Å². The summed E-state index contributed by atoms with van der Waals surface area (Å²) in [6.07, 6.45) is 0.700. The molecular formula is C26H29N11O9S2. The zero-order chi connectivity index (χ0) is 34.2. The number of aliphatic carboxylic acids is 1. The molecule has 1 saturated carbocycles. The fraction of sp³-hybridized carbons (Fsp3) is 0.385. The highest BCUT2D eigenvalue weighted by Gasteiger charge is 2.55. The van der Waals surface area contributed by atoms with E-state index in [1.165, 1.54) is 22.7 Å². The smallest absolute Gasteiger partial charge is 0.362 e. The molecule has 0 bridgehead atoms. The topological polar surface area (TPSA) is 292 Å². The number of β-lactam (4-membered cyclic amide) rings is 1. The number of carboxylic acid groups (broad SMARTS) is 1. The van der Waals surface area contributed by atoms with E-state index >= 15 is 0 Å². The molecule has 1 aliphatic carbocycles. The summed E-state index contributed by atoms with van der Waals surface area (Å²) >= 11 is 0.941. The van der Waals surface area contributed by atoms with Crippen molar-refractivity contribution in [1.82, 2.24) is 34.7 Å². The second kappa shape index (κ2) is 13.1. The van der Waals surface area contributed by atoms with Gasteiger partial charge in [-0.05, 0) is 24.3 Å². The van der Waals surface area contributed by atoms with Crippen molar-refractivity contribution in [1.29, 1.82) is 0 Å². The van der Waals surface area contributed by atoms with Crippen LogP contribution in [0.4, 0.5) is 5.13 Å². The summed E-state index contributed by atoms with van der Waals surface area (Å²) in [6, 6.07) is 4.02. The molecule has 6 rings (SSSR count). The monoisotopic (exact) mass is 703 g/mol. The molecule has 48 heavy (non-hydrogen) atoms. The molecule has 3 aromatic rings. The van der Waals surface area contributed by atoms with Gasteiger partial charge in [0.05, 0.1) is 18.6 Å². The van der Waals surface area contributed by atoms with E-state index in [2.05, 4.69) is 35.8 Å². The number of carboxylic acids is 1. The van der Waals surface area contributed by atoms with E-state index in [1.54, 1.807) is 24.3 Å². The maximum atomic E-state index is 13.4. The van der Waals surface area contributed by atoms with E-state index in [4.69, 9.17) is 21.0 Å². The largest absolute Gasteiger partial charge is 0.489 e. The number of benzene rings is 1. The van der Waals surface area contributed by atoms with Gasteiger partial charge in [-0.2, -0.15) is 13.5 Å². The lowest BCUT2D eigenvalue weighted by molar-refractivity contribution is -0.152. The second-order valence-electron chi connectivity index (χ2n) is 11.0. The number of anilines is 1. The lowest BCUT2D eigenvalue weighted by Gasteiger charge is -2.43. The molecule has 0 radical (unpaired) electrons. The van der Waals surface area contributed by atoms with Crippen LogP contribution in [0.2, 0.25) is 0 Å². The number of ether oxygens (including phenoxy) is 1. The van der Waals surface area contributed by atoms with Crippen molar-refractivity contribution >= 4 is 56.1 Å². The molecule has 4 heterocycles. The van der Waals surface area contributed by atoms with Crippen LogP contribution in [0.25, 0.3) is 0 Å². The summed E-state index contributed by atoms with van der Waals surface area (Å²) in [6.45, 7) is 1.07. The summed E-state index contributed by atoms with van der Waals surface area (Å²) in [7, 11) is -4.98. The Morgan fingerprint density at radius 2 is 1.96 bits per heavy atom. The Hall–Kier alpha value is -5.19. The molecule has 2 amide bonds. The van der Waals surface area contributed by atoms with Gasteiger partial charge in [-0.1, -0.05) is 5.16 Å². The minimum absolute atomic E-state index is 0.0380. The highest BCUT2D eigenvalue weighted by atomic mass is 32.2. The van der Waals surface area contributed by atoms with Crippen molar-refractivity contribution in [3.8, 4) is 5.75 Å². The predicted octanol–water partition coefficient (Wildman–Crippen LogP) is -2.31. The summed E-state index contributed by atoms with van der Waals surface area (Å²) in [5.74, 6) is -1.97. The molecule has 20 nitrogen and oxygen atoms in total. The molecule has 6 atom stereocenters. The van der Waals surface area contributed by atoms with Gasteiger partial charge in [0.15, 0.2) is 10.8 Å². The van der Waals surface area contributed by atoms with Crippen molar-refractivity contribution in [2.24, 2.45) is 27.7 Å². The molecule has 0 spiro atoms. The zero-order valence-electron chi connectivity index (χ0n) is 24.7. The first-order valence-electron chi connectivity index (χ1n) is 14.3. The Kier molecular flexibility index (Phi) is 8.96. The first-order valence-corrected chi connectivity index (χ1v) is 16.6. The number of thiazole rings is 1. The number of amides is 2. The minimum Gasteiger partial charge on any atom is -0.489 e. The summed E-state index contributed by atoms with van der Waals surface area (Å²) < 4.78 is 40.2. The van der Waals surface area contributed by atoms with Crippen molar-refractivity contribution in [3.63, 3.8) is 0 Å². The van der Waals surface area contributed by atoms with E-state index in [0.29, 0.717) is 29.0 Å². The number of carbonyl (C=O) groups excluding carboxylic acids is 2. The van der Waals surface area contributed by atoms with Crippen LogP contribution in [0.1, 0.15) is 11.3 Å². The van der Waals surface area contributed by atoms with E-state index in [0.717, 1.165) is 24.4 Å². The maximum absolute atomic E-state index is 13.4. The quantitative estimate of drug-likeness (QED) is 0.0338. The zero-order valence-corrected chi connectivity index (χ0v) is 26.3. The van der Waals surface area contributed by atoms with Crippen molar-refractivity contribution in [2.45, 2.75) is 30.8 Å². The number of amidine groups is 1. The number of nitrogen functional groups attached to an aromatic ring is 1. The van der Waals surface area contributed by atoms with Gasteiger partial charge in [0.25, 0.3) is 17.9 Å². The van der Waals surface area contributed by atoms with E-state index in [-0.39, 0.29) is 27.7 Å². The highest BCUT2D eigenvalue weighted by molar-refractivity contribution is 7.84. The van der Waals surface area contributed by atoms with Crippen LogP contribution in [0.3, 0.4) is 0 Å². The van der Waals surface area contributed by atoms with Crippen LogP contribution >= 0.6 is 11.3 Å². The molecule has 2 aliphatic heterocycles. The Balaban J connectivity index is 1.13. The molecular weight excluding hydrogens is 674 g/mol. The van der Waals surface area contributed by atoms with Crippen LogP contribution < -0.4 is 26.8 Å². The molecule has 1 aromatic carbocycles. The molecule has 2 aromatic heterocycles. The number of nitrogens with one attached hydrogen (secondary N) is 2. The SMILES string of the molecule is NC(=NC1C2CNC[C@H]21)c1ccc(OC[C@H](O/N=C(\C(=O)NC2C(=O)N(S(=O)(=O)O)[C@H]2Cn2cncn2)c2csc(N)n2)C(=O)O)cc1. The molecule has 3 unspecified atom stereocenters. The highest BCUT2D eigenvalue weighted by Crippen LogP contribution is 2.44. The normalized spacial score (nSPS) is 24.4. The number of nitrogens with zero attached hydrogens (tertiary/aromatic N) is 7. The van der Waals surface area contributed by atoms with Gasteiger partial charge in [0, 0.05) is 35.9 Å². The average molecular weight is 704 g/mol. The van der Waals surface area contributed by atoms with E-state index < -0.39 is 58.6 Å². The molecule has 2 saturated heterocycles. The molecule has 22 heteroatoms. The number of hydrogen-bond acceptors (Lipinski definition) is 15. The lowest BCUT2D eigenvalue weighted by Crippen LogP contribution is -2.73. The molecule has 8 N–H and O–H groups in total. The average Bonchev–Trinajstić information content (AvgIpc) is 3.57. The first-order chi connectivity index (χ1) is 22.9. The third-order valence-corrected chi connectivity index (χ3v) is 9.58. The maximum Gasteiger partial charge on any atom is 0.362 e. The van der Waals surface area contributed by atoms with Crippen molar-refractivity contribution in [3.05, 3.63) is 53.6 Å². The number of carbonyl (C=O) groups is 3. The predicted molar refractivity (Wildman–Crippen MR) is 166 cm³/mol. The van der Waals surface area contributed by atoms with Crippen molar-refractivity contribution in [2.75, 3.05) is 25.4 Å².